The number of anilines is 1. The van der Waals surface area contributed by atoms with Crippen LogP contribution >= 0.6 is 11.3 Å². The van der Waals surface area contributed by atoms with Gasteiger partial charge in [0.1, 0.15) is 10.7 Å². The highest BCUT2D eigenvalue weighted by molar-refractivity contribution is 7.13. The summed E-state index contributed by atoms with van der Waals surface area (Å²) in [4.78, 5) is 29.3. The molecule has 0 aliphatic heterocycles. The molecule has 3 aromatic rings. The Hall–Kier alpha value is -3.30. The Labute approximate surface area is 161 Å². The number of nitrogens with one attached hydrogen (secondary N) is 1. The average Bonchev–Trinajstić information content (AvgIpc) is 3.20. The Morgan fingerprint density at radius 1 is 1.15 bits per heavy atom. The van der Waals surface area contributed by atoms with Gasteiger partial charge in [-0.3, -0.25) is 9.59 Å². The van der Waals surface area contributed by atoms with Gasteiger partial charge in [-0.2, -0.15) is 5.26 Å². The number of carbonyl (C=O) groups excluding carboxylic acids is 2. The van der Waals surface area contributed by atoms with E-state index < -0.39 is 17.6 Å². The molecule has 1 heterocycles. The fourth-order valence-electron chi connectivity index (χ4n) is 2.52. The van der Waals surface area contributed by atoms with E-state index in [2.05, 4.69) is 10.3 Å². The number of nitrogens with zero attached hydrogens (tertiary/aromatic N) is 2. The fraction of sp³-hybridized carbons (Fsp3) is 0.143. The lowest BCUT2D eigenvalue weighted by atomic mass is 10.0. The van der Waals surface area contributed by atoms with Crippen LogP contribution < -0.4 is 5.32 Å². The van der Waals surface area contributed by atoms with Crippen LogP contribution in [-0.2, 0) is 11.2 Å². The molecule has 27 heavy (non-hydrogen) atoms. The maximum absolute atomic E-state index is 12.6. The van der Waals surface area contributed by atoms with E-state index in [0.29, 0.717) is 10.7 Å². The normalized spacial score (nSPS) is 11.4. The summed E-state index contributed by atoms with van der Waals surface area (Å²) < 4.78 is 0. The lowest BCUT2D eigenvalue weighted by Gasteiger charge is -2.09. The van der Waals surface area contributed by atoms with Gasteiger partial charge in [-0.05, 0) is 24.1 Å². The van der Waals surface area contributed by atoms with E-state index >= 15 is 0 Å². The van der Waals surface area contributed by atoms with Crippen molar-refractivity contribution in [3.05, 3.63) is 71.2 Å². The molecule has 0 saturated heterocycles. The van der Waals surface area contributed by atoms with E-state index in [1.807, 2.05) is 49.4 Å². The highest BCUT2D eigenvalue weighted by Crippen LogP contribution is 2.24. The van der Waals surface area contributed by atoms with Crippen molar-refractivity contribution in [3.63, 3.8) is 0 Å². The van der Waals surface area contributed by atoms with E-state index in [9.17, 15) is 14.9 Å². The number of thiazole rings is 1. The molecular formula is C21H17N3O2S. The van der Waals surface area contributed by atoms with E-state index in [0.717, 1.165) is 17.5 Å². The van der Waals surface area contributed by atoms with Gasteiger partial charge in [-0.1, -0.05) is 49.4 Å². The van der Waals surface area contributed by atoms with Gasteiger partial charge in [0.2, 0.25) is 11.7 Å². The first-order valence-electron chi connectivity index (χ1n) is 8.47. The zero-order valence-corrected chi connectivity index (χ0v) is 15.5. The monoisotopic (exact) mass is 375 g/mol. The van der Waals surface area contributed by atoms with Crippen LogP contribution in [0.25, 0.3) is 10.6 Å². The zero-order chi connectivity index (χ0) is 19.2. The van der Waals surface area contributed by atoms with Crippen LogP contribution in [0, 0.1) is 17.2 Å². The molecule has 1 unspecified atom stereocenters. The van der Waals surface area contributed by atoms with E-state index in [1.165, 1.54) is 11.3 Å². The van der Waals surface area contributed by atoms with Gasteiger partial charge < -0.3 is 5.32 Å². The van der Waals surface area contributed by atoms with Crippen LogP contribution in [-0.4, -0.2) is 16.7 Å². The number of amides is 1. The van der Waals surface area contributed by atoms with Gasteiger partial charge in [0.05, 0.1) is 6.07 Å². The maximum atomic E-state index is 12.6. The van der Waals surface area contributed by atoms with Crippen molar-refractivity contribution in [1.29, 1.82) is 5.26 Å². The van der Waals surface area contributed by atoms with Gasteiger partial charge in [0.15, 0.2) is 5.92 Å². The first kappa shape index (κ1) is 18.5. The highest BCUT2D eigenvalue weighted by atomic mass is 32.1. The predicted octanol–water partition coefficient (Wildman–Crippen LogP) is 4.33. The van der Waals surface area contributed by atoms with Gasteiger partial charge in [-0.15, -0.1) is 11.3 Å². The molecule has 5 nitrogen and oxygen atoms in total. The van der Waals surface area contributed by atoms with E-state index in [1.54, 1.807) is 23.6 Å². The summed E-state index contributed by atoms with van der Waals surface area (Å²) in [5, 5.41) is 14.2. The van der Waals surface area contributed by atoms with Crippen molar-refractivity contribution in [1.82, 2.24) is 4.98 Å². The Kier molecular flexibility index (Phi) is 5.74. The number of rotatable bonds is 6. The number of benzene rings is 2. The van der Waals surface area contributed by atoms with Gasteiger partial charge >= 0.3 is 0 Å². The molecule has 0 aliphatic rings. The Balaban J connectivity index is 1.74. The third-order valence-electron chi connectivity index (χ3n) is 4.06. The summed E-state index contributed by atoms with van der Waals surface area (Å²) in [6.45, 7) is 2.04. The van der Waals surface area contributed by atoms with Crippen LogP contribution in [0.2, 0.25) is 0 Å². The van der Waals surface area contributed by atoms with Crippen molar-refractivity contribution in [2.75, 3.05) is 5.32 Å². The zero-order valence-electron chi connectivity index (χ0n) is 14.7. The van der Waals surface area contributed by atoms with Gasteiger partial charge in [0.25, 0.3) is 0 Å². The number of hydrogen-bond acceptors (Lipinski definition) is 5. The number of aromatic nitrogens is 1. The minimum atomic E-state index is -1.44. The number of carbonyl (C=O) groups is 2. The van der Waals surface area contributed by atoms with Crippen LogP contribution in [0.15, 0.2) is 60.0 Å². The van der Waals surface area contributed by atoms with Crippen molar-refractivity contribution < 1.29 is 9.59 Å². The molecule has 3 rings (SSSR count). The van der Waals surface area contributed by atoms with Crippen LogP contribution in [0.1, 0.15) is 23.0 Å². The molecule has 134 valence electrons. The Bertz CT molecular complexity index is 988. The first-order chi connectivity index (χ1) is 13.1. The smallest absolute Gasteiger partial charge is 0.249 e. The molecule has 1 amide bonds. The number of ketones is 1. The molecular weight excluding hydrogens is 358 g/mol. The van der Waals surface area contributed by atoms with E-state index in [-0.39, 0.29) is 5.69 Å². The lowest BCUT2D eigenvalue weighted by Crippen LogP contribution is -2.28. The van der Waals surface area contributed by atoms with Crippen molar-refractivity contribution in [2.24, 2.45) is 5.92 Å². The first-order valence-corrected chi connectivity index (χ1v) is 9.35. The lowest BCUT2D eigenvalue weighted by molar-refractivity contribution is -0.117. The van der Waals surface area contributed by atoms with Crippen LogP contribution in [0.3, 0.4) is 0 Å². The quantitative estimate of drug-likeness (QED) is 0.513. The molecule has 1 N–H and O–H groups in total. The van der Waals surface area contributed by atoms with Crippen molar-refractivity contribution in [2.45, 2.75) is 13.3 Å². The SMILES string of the molecule is CCc1ccc(NC(=O)C(C#N)C(=O)c2csc(-c3ccccc3)n2)cc1. The number of Topliss-reactive ketones (excluding diaryl/α,β-unsaturated/α-hetero) is 1. The van der Waals surface area contributed by atoms with Crippen LogP contribution in [0.5, 0.6) is 0 Å². The maximum Gasteiger partial charge on any atom is 0.249 e. The number of hydrogen-bond donors (Lipinski definition) is 1. The molecule has 0 spiro atoms. The minimum absolute atomic E-state index is 0.127. The van der Waals surface area contributed by atoms with E-state index in [4.69, 9.17) is 0 Å². The molecule has 0 fully saturated rings. The van der Waals surface area contributed by atoms with Gasteiger partial charge in [0, 0.05) is 16.6 Å². The minimum Gasteiger partial charge on any atom is -0.325 e. The third-order valence-corrected chi connectivity index (χ3v) is 4.95. The molecule has 0 aliphatic carbocycles. The van der Waals surface area contributed by atoms with Crippen molar-refractivity contribution >= 4 is 28.7 Å². The summed E-state index contributed by atoms with van der Waals surface area (Å²) >= 11 is 1.31. The highest BCUT2D eigenvalue weighted by Gasteiger charge is 2.29. The van der Waals surface area contributed by atoms with Gasteiger partial charge in [-0.25, -0.2) is 4.98 Å². The number of nitriles is 1. The predicted molar refractivity (Wildman–Crippen MR) is 105 cm³/mol. The molecule has 0 bridgehead atoms. The summed E-state index contributed by atoms with van der Waals surface area (Å²) in [7, 11) is 0. The summed E-state index contributed by atoms with van der Waals surface area (Å²) in [5.41, 5.74) is 2.70. The summed E-state index contributed by atoms with van der Waals surface area (Å²) in [5.74, 6) is -2.69. The summed E-state index contributed by atoms with van der Waals surface area (Å²) in [6, 6.07) is 18.5. The molecule has 0 radical (unpaired) electrons. The second kappa shape index (κ2) is 8.39. The summed E-state index contributed by atoms with van der Waals surface area (Å²) in [6.07, 6.45) is 0.890. The fourth-order valence-corrected chi connectivity index (χ4v) is 3.34. The molecule has 2 aromatic carbocycles. The second-order valence-corrected chi connectivity index (χ2v) is 6.73. The Morgan fingerprint density at radius 3 is 2.48 bits per heavy atom. The molecule has 0 saturated carbocycles. The Morgan fingerprint density at radius 2 is 1.85 bits per heavy atom. The van der Waals surface area contributed by atoms with Crippen LogP contribution in [0.4, 0.5) is 5.69 Å². The second-order valence-electron chi connectivity index (χ2n) is 5.87. The average molecular weight is 375 g/mol. The third kappa shape index (κ3) is 4.27. The molecule has 1 aromatic heterocycles. The largest absolute Gasteiger partial charge is 0.325 e. The number of aryl methyl sites for hydroxylation is 1. The topological polar surface area (TPSA) is 82.9 Å². The molecule has 1 atom stereocenters. The van der Waals surface area contributed by atoms with Crippen molar-refractivity contribution in [3.8, 4) is 16.6 Å². The standard InChI is InChI=1S/C21H17N3O2S/c1-2-14-8-10-16(11-9-14)23-20(26)17(12-22)19(25)18-13-27-21(24-18)15-6-4-3-5-7-15/h3-11,13,17H,2H2,1H3,(H,23,26). The molecule has 6 heteroatoms.